The minimum absolute atomic E-state index is 0.0328. The van der Waals surface area contributed by atoms with Gasteiger partial charge in [0.2, 0.25) is 0 Å². The molecule has 0 aliphatic rings. The van der Waals surface area contributed by atoms with Crippen molar-refractivity contribution in [3.63, 3.8) is 0 Å². The molecule has 5 heteroatoms. The highest BCUT2D eigenvalue weighted by Gasteiger charge is 2.51. The molecule has 3 aromatic carbocycles. The fraction of sp³-hybridized carbons (Fsp3) is 0.357. The van der Waals surface area contributed by atoms with Gasteiger partial charge < -0.3 is 19.0 Å². The van der Waals surface area contributed by atoms with E-state index in [-0.39, 0.29) is 17.7 Å². The predicted molar refractivity (Wildman–Crippen MR) is 136 cm³/mol. The molecule has 4 nitrogen and oxygen atoms in total. The van der Waals surface area contributed by atoms with Gasteiger partial charge in [-0.1, -0.05) is 99.6 Å². The number of aliphatic hydroxyl groups is 1. The van der Waals surface area contributed by atoms with Gasteiger partial charge in [0.25, 0.3) is 8.32 Å². The van der Waals surface area contributed by atoms with Gasteiger partial charge in [-0.2, -0.15) is 0 Å². The first-order chi connectivity index (χ1) is 15.9. The average Bonchev–Trinajstić information content (AvgIpc) is 2.83. The summed E-state index contributed by atoms with van der Waals surface area (Å²) in [6, 6.07) is 29.3. The predicted octanol–water partition coefficient (Wildman–Crippen LogP) is 4.98. The van der Waals surface area contributed by atoms with Gasteiger partial charge in [-0.15, -0.1) is 0 Å². The summed E-state index contributed by atoms with van der Waals surface area (Å²) in [5.41, 5.74) is 1.93. The Kier molecular flexibility index (Phi) is 8.62. The van der Waals surface area contributed by atoms with E-state index in [4.69, 9.17) is 13.9 Å². The maximum atomic E-state index is 10.00. The van der Waals surface area contributed by atoms with Crippen molar-refractivity contribution in [2.75, 3.05) is 20.8 Å². The lowest BCUT2D eigenvalue weighted by molar-refractivity contribution is -0.106. The smallest absolute Gasteiger partial charge is 0.261 e. The van der Waals surface area contributed by atoms with Gasteiger partial charge in [0.15, 0.2) is 6.29 Å². The summed E-state index contributed by atoms with van der Waals surface area (Å²) < 4.78 is 18.2. The first-order valence-corrected chi connectivity index (χ1v) is 13.3. The Labute approximate surface area is 199 Å². The van der Waals surface area contributed by atoms with Gasteiger partial charge in [-0.05, 0) is 33.5 Å². The van der Waals surface area contributed by atoms with E-state index in [9.17, 15) is 5.11 Å². The highest BCUT2D eigenvalue weighted by Crippen LogP contribution is 2.40. The van der Waals surface area contributed by atoms with Crippen LogP contribution in [0.3, 0.4) is 0 Å². The lowest BCUT2D eigenvalue weighted by Gasteiger charge is -2.45. The molecule has 0 saturated heterocycles. The lowest BCUT2D eigenvalue weighted by Crippen LogP contribution is -2.66. The number of methoxy groups -OCH3 is 2. The van der Waals surface area contributed by atoms with Crippen LogP contribution in [-0.4, -0.2) is 34.3 Å². The molecule has 0 spiro atoms. The van der Waals surface area contributed by atoms with Crippen molar-refractivity contribution in [3.8, 4) is 0 Å². The zero-order valence-corrected chi connectivity index (χ0v) is 21.3. The van der Waals surface area contributed by atoms with Crippen molar-refractivity contribution in [2.24, 2.45) is 0 Å². The molecule has 0 aliphatic heterocycles. The molecule has 33 heavy (non-hydrogen) atoms. The summed E-state index contributed by atoms with van der Waals surface area (Å²) in [6.45, 7) is 6.82. The van der Waals surface area contributed by atoms with Crippen molar-refractivity contribution in [2.45, 2.75) is 44.6 Å². The molecular formula is C28H36O4Si. The fourth-order valence-corrected chi connectivity index (χ4v) is 9.29. The normalized spacial score (nSPS) is 13.3. The molecule has 1 atom stereocenters. The van der Waals surface area contributed by atoms with Crippen LogP contribution >= 0.6 is 0 Å². The summed E-state index contributed by atoms with van der Waals surface area (Å²) >= 11 is 0. The second-order valence-corrected chi connectivity index (χ2v) is 13.5. The third kappa shape index (κ3) is 5.45. The van der Waals surface area contributed by atoms with Gasteiger partial charge in [-0.25, -0.2) is 0 Å². The number of ether oxygens (including phenoxy) is 2. The first-order valence-electron chi connectivity index (χ1n) is 11.4. The summed E-state index contributed by atoms with van der Waals surface area (Å²) in [5.74, 6) is 0. The third-order valence-corrected chi connectivity index (χ3v) is 11.2. The molecule has 0 aliphatic carbocycles. The van der Waals surface area contributed by atoms with E-state index >= 15 is 0 Å². The van der Waals surface area contributed by atoms with Crippen LogP contribution in [0.1, 0.15) is 50.7 Å². The van der Waals surface area contributed by atoms with E-state index < -0.39 is 14.6 Å². The van der Waals surface area contributed by atoms with E-state index in [2.05, 4.69) is 81.4 Å². The Morgan fingerprint density at radius 3 is 1.73 bits per heavy atom. The van der Waals surface area contributed by atoms with Gasteiger partial charge in [-0.3, -0.25) is 0 Å². The molecule has 1 N–H and O–H groups in total. The molecule has 0 aromatic heterocycles. The van der Waals surface area contributed by atoms with Gasteiger partial charge in [0.1, 0.15) is 0 Å². The molecule has 0 amide bonds. The molecule has 3 aromatic rings. The number of hydrogen-bond acceptors (Lipinski definition) is 4. The summed E-state index contributed by atoms with van der Waals surface area (Å²) in [7, 11) is 0.492. The van der Waals surface area contributed by atoms with Crippen LogP contribution in [0.2, 0.25) is 5.04 Å². The number of rotatable bonds is 10. The minimum atomic E-state index is -2.77. The van der Waals surface area contributed by atoms with Crippen molar-refractivity contribution in [3.05, 3.63) is 96.1 Å². The molecule has 1 unspecified atom stereocenters. The van der Waals surface area contributed by atoms with Crippen LogP contribution in [0.25, 0.3) is 0 Å². The van der Waals surface area contributed by atoms with E-state index in [1.165, 1.54) is 10.4 Å². The van der Waals surface area contributed by atoms with Crippen molar-refractivity contribution in [1.29, 1.82) is 0 Å². The van der Waals surface area contributed by atoms with Crippen molar-refractivity contribution < 1.29 is 19.0 Å². The molecule has 0 saturated carbocycles. The van der Waals surface area contributed by atoms with E-state index in [0.29, 0.717) is 6.42 Å². The van der Waals surface area contributed by atoms with E-state index in [1.54, 1.807) is 14.2 Å². The zero-order valence-electron chi connectivity index (χ0n) is 20.3. The molecule has 3 rings (SSSR count). The van der Waals surface area contributed by atoms with E-state index in [1.807, 2.05) is 24.3 Å². The first kappa shape index (κ1) is 25.3. The van der Waals surface area contributed by atoms with Gasteiger partial charge in [0, 0.05) is 26.4 Å². The van der Waals surface area contributed by atoms with Gasteiger partial charge in [0.05, 0.1) is 6.10 Å². The molecule has 0 fully saturated rings. The van der Waals surface area contributed by atoms with Crippen LogP contribution in [-0.2, 0) is 13.9 Å². The second-order valence-electron chi connectivity index (χ2n) is 9.26. The third-order valence-electron chi connectivity index (χ3n) is 6.11. The second kappa shape index (κ2) is 11.2. The fourth-order valence-electron chi connectivity index (χ4n) is 4.59. The molecular weight excluding hydrogens is 428 g/mol. The van der Waals surface area contributed by atoms with Crippen LogP contribution in [0.15, 0.2) is 84.9 Å². The maximum Gasteiger partial charge on any atom is 0.261 e. The molecule has 176 valence electrons. The van der Waals surface area contributed by atoms with Gasteiger partial charge >= 0.3 is 0 Å². The molecule has 0 radical (unpaired) electrons. The Balaban J connectivity index is 2.17. The minimum Gasteiger partial charge on any atom is -0.400 e. The standard InChI is InChI=1S/C28H36O4Si/c1-28(2,3)33(24-15-8-6-9-16-24,25-17-10-7-11-18-25)32-26(19-20-29)22-13-12-14-23(21-22)27(30-4)31-5/h6-18,21,26-27,29H,19-20H2,1-5H3. The summed E-state index contributed by atoms with van der Waals surface area (Å²) in [6.07, 6.45) is -0.235. The monoisotopic (exact) mass is 464 g/mol. The Morgan fingerprint density at radius 1 is 0.758 bits per heavy atom. The average molecular weight is 465 g/mol. The van der Waals surface area contributed by atoms with Crippen molar-refractivity contribution >= 4 is 18.7 Å². The zero-order chi connectivity index (χ0) is 23.9. The quantitative estimate of drug-likeness (QED) is 0.340. The molecule has 0 bridgehead atoms. The number of benzene rings is 3. The summed E-state index contributed by atoms with van der Waals surface area (Å²) in [5, 5.41) is 12.3. The lowest BCUT2D eigenvalue weighted by atomic mass is 10.0. The Hall–Kier alpha value is -2.28. The van der Waals surface area contributed by atoms with Crippen molar-refractivity contribution in [1.82, 2.24) is 0 Å². The summed E-state index contributed by atoms with van der Waals surface area (Å²) in [4.78, 5) is 0. The largest absolute Gasteiger partial charge is 0.400 e. The molecule has 0 heterocycles. The SMILES string of the molecule is COC(OC)c1cccc(C(CCO)O[Si](c2ccccc2)(c2ccccc2)C(C)(C)C)c1. The van der Waals surface area contributed by atoms with Crippen LogP contribution < -0.4 is 10.4 Å². The Morgan fingerprint density at radius 2 is 1.27 bits per heavy atom. The van der Waals surface area contributed by atoms with Crippen LogP contribution in [0, 0.1) is 0 Å². The highest BCUT2D eigenvalue weighted by molar-refractivity contribution is 6.99. The maximum absolute atomic E-state index is 10.00. The topological polar surface area (TPSA) is 47.9 Å². The van der Waals surface area contributed by atoms with E-state index in [0.717, 1.165) is 11.1 Å². The number of aliphatic hydroxyl groups excluding tert-OH is 1. The highest BCUT2D eigenvalue weighted by atomic mass is 28.4. The number of hydrogen-bond donors (Lipinski definition) is 1. The van der Waals surface area contributed by atoms with Crippen LogP contribution in [0.4, 0.5) is 0 Å². The Bertz CT molecular complexity index is 942. The van der Waals surface area contributed by atoms with Crippen LogP contribution in [0.5, 0.6) is 0 Å².